The van der Waals surface area contributed by atoms with Gasteiger partial charge in [0.15, 0.2) is 0 Å². The monoisotopic (exact) mass is 284 g/mol. The van der Waals surface area contributed by atoms with Gasteiger partial charge in [-0.15, -0.1) is 0 Å². The van der Waals surface area contributed by atoms with E-state index in [0.717, 1.165) is 30.3 Å². The smallest absolute Gasteiger partial charge is 0.254 e. The second-order valence-electron chi connectivity index (χ2n) is 6.34. The predicted molar refractivity (Wildman–Crippen MR) is 86.7 cm³/mol. The Hall–Kier alpha value is -1.77. The summed E-state index contributed by atoms with van der Waals surface area (Å²) in [6, 6.07) is 6.79. The number of carbonyl (C=O) groups is 1. The number of nitrogens with one attached hydrogen (secondary N) is 1. The van der Waals surface area contributed by atoms with Gasteiger partial charge >= 0.3 is 0 Å². The Balaban J connectivity index is 1.99. The molecule has 0 spiro atoms. The zero-order chi connectivity index (χ0) is 15.1. The Kier molecular flexibility index (Phi) is 3.52. The summed E-state index contributed by atoms with van der Waals surface area (Å²) in [5.41, 5.74) is 4.34. The van der Waals surface area contributed by atoms with Crippen LogP contribution in [-0.2, 0) is 0 Å². The van der Waals surface area contributed by atoms with Gasteiger partial charge in [0.05, 0.1) is 0 Å². The number of aromatic nitrogens is 1. The van der Waals surface area contributed by atoms with Crippen molar-refractivity contribution in [2.24, 2.45) is 0 Å². The molecule has 1 saturated heterocycles. The maximum atomic E-state index is 12.9. The summed E-state index contributed by atoms with van der Waals surface area (Å²) in [7, 11) is 0. The SMILES string of the molecule is CCC1CCC(C)N1C(=O)c1ccc2[nH]c(C)c(C)c2c1. The standard InChI is InChI=1S/C18H24N2O/c1-5-15-8-6-11(2)20(15)18(21)14-7-9-17-16(10-14)12(3)13(4)19-17/h7,9-11,15,19H,5-6,8H2,1-4H3. The molecule has 1 aromatic heterocycles. The molecule has 1 N–H and O–H groups in total. The number of nitrogens with zero attached hydrogens (tertiary/aromatic N) is 1. The van der Waals surface area contributed by atoms with E-state index in [9.17, 15) is 4.79 Å². The third-order valence-corrected chi connectivity index (χ3v) is 5.05. The fraction of sp³-hybridized carbons (Fsp3) is 0.500. The average molecular weight is 284 g/mol. The van der Waals surface area contributed by atoms with E-state index >= 15 is 0 Å². The number of likely N-dealkylation sites (tertiary alicyclic amines) is 1. The van der Waals surface area contributed by atoms with Gasteiger partial charge in [-0.1, -0.05) is 6.92 Å². The van der Waals surface area contributed by atoms with Crippen molar-refractivity contribution in [2.45, 2.75) is 59.0 Å². The molecule has 1 aliphatic heterocycles. The van der Waals surface area contributed by atoms with Crippen LogP contribution in [0.5, 0.6) is 0 Å². The molecular weight excluding hydrogens is 260 g/mol. The molecule has 0 bridgehead atoms. The van der Waals surface area contributed by atoms with E-state index in [2.05, 4.69) is 37.6 Å². The summed E-state index contributed by atoms with van der Waals surface area (Å²) in [4.78, 5) is 18.4. The Labute approximate surface area is 126 Å². The first-order valence-corrected chi connectivity index (χ1v) is 7.94. The summed E-state index contributed by atoms with van der Waals surface area (Å²) in [5.74, 6) is 0.187. The van der Waals surface area contributed by atoms with Crippen LogP contribution in [0.15, 0.2) is 18.2 Å². The van der Waals surface area contributed by atoms with Crippen LogP contribution in [0.4, 0.5) is 0 Å². The van der Waals surface area contributed by atoms with Crippen LogP contribution in [0.25, 0.3) is 10.9 Å². The van der Waals surface area contributed by atoms with E-state index < -0.39 is 0 Å². The molecule has 1 amide bonds. The van der Waals surface area contributed by atoms with Crippen LogP contribution in [-0.4, -0.2) is 27.9 Å². The quantitative estimate of drug-likeness (QED) is 0.882. The van der Waals surface area contributed by atoms with Crippen LogP contribution >= 0.6 is 0 Å². The van der Waals surface area contributed by atoms with Crippen molar-refractivity contribution >= 4 is 16.8 Å². The summed E-state index contributed by atoms with van der Waals surface area (Å²) >= 11 is 0. The van der Waals surface area contributed by atoms with E-state index in [1.165, 1.54) is 16.6 Å². The minimum Gasteiger partial charge on any atom is -0.358 e. The van der Waals surface area contributed by atoms with E-state index in [1.807, 2.05) is 18.2 Å². The molecule has 3 heteroatoms. The van der Waals surface area contributed by atoms with Gasteiger partial charge in [-0.05, 0) is 63.8 Å². The molecule has 3 rings (SSSR count). The van der Waals surface area contributed by atoms with Crippen molar-refractivity contribution in [3.8, 4) is 0 Å². The molecule has 1 aliphatic rings. The lowest BCUT2D eigenvalue weighted by Gasteiger charge is -2.28. The first-order chi connectivity index (χ1) is 10.0. The molecular formula is C18H24N2O. The van der Waals surface area contributed by atoms with Crippen molar-refractivity contribution < 1.29 is 4.79 Å². The fourth-order valence-electron chi connectivity index (χ4n) is 3.58. The molecule has 2 aromatic rings. The molecule has 0 saturated carbocycles. The molecule has 2 atom stereocenters. The third-order valence-electron chi connectivity index (χ3n) is 5.05. The van der Waals surface area contributed by atoms with Crippen molar-refractivity contribution in [1.29, 1.82) is 0 Å². The summed E-state index contributed by atoms with van der Waals surface area (Å²) in [6.45, 7) is 8.52. The first-order valence-electron chi connectivity index (χ1n) is 7.94. The predicted octanol–water partition coefficient (Wildman–Crippen LogP) is 4.19. The van der Waals surface area contributed by atoms with Gasteiger partial charge in [-0.2, -0.15) is 0 Å². The molecule has 1 aromatic carbocycles. The highest BCUT2D eigenvalue weighted by Gasteiger charge is 2.33. The van der Waals surface area contributed by atoms with Gasteiger partial charge in [-0.3, -0.25) is 4.79 Å². The number of aromatic amines is 1. The second-order valence-corrected chi connectivity index (χ2v) is 6.34. The lowest BCUT2D eigenvalue weighted by Crippen LogP contribution is -2.39. The average Bonchev–Trinajstić information content (AvgIpc) is 2.99. The highest BCUT2D eigenvalue weighted by molar-refractivity contribution is 5.99. The van der Waals surface area contributed by atoms with Gasteiger partial charge in [0.25, 0.3) is 5.91 Å². The maximum absolute atomic E-state index is 12.9. The van der Waals surface area contributed by atoms with E-state index in [0.29, 0.717) is 12.1 Å². The van der Waals surface area contributed by atoms with E-state index in [-0.39, 0.29) is 5.91 Å². The minimum atomic E-state index is 0.187. The Morgan fingerprint density at radius 1 is 1.33 bits per heavy atom. The van der Waals surface area contributed by atoms with Crippen molar-refractivity contribution in [3.05, 3.63) is 35.0 Å². The third kappa shape index (κ3) is 2.25. The Bertz CT molecular complexity index is 686. The van der Waals surface area contributed by atoms with Crippen LogP contribution in [0.3, 0.4) is 0 Å². The lowest BCUT2D eigenvalue weighted by molar-refractivity contribution is 0.0676. The molecule has 112 valence electrons. The molecule has 2 heterocycles. The number of carbonyl (C=O) groups excluding carboxylic acids is 1. The Morgan fingerprint density at radius 3 is 2.81 bits per heavy atom. The Morgan fingerprint density at radius 2 is 2.10 bits per heavy atom. The zero-order valence-corrected chi connectivity index (χ0v) is 13.4. The van der Waals surface area contributed by atoms with Crippen molar-refractivity contribution in [3.63, 3.8) is 0 Å². The number of hydrogen-bond donors (Lipinski definition) is 1. The van der Waals surface area contributed by atoms with Crippen LogP contribution < -0.4 is 0 Å². The largest absolute Gasteiger partial charge is 0.358 e. The normalized spacial score (nSPS) is 22.2. The fourth-order valence-corrected chi connectivity index (χ4v) is 3.58. The topological polar surface area (TPSA) is 36.1 Å². The molecule has 1 fully saturated rings. The van der Waals surface area contributed by atoms with Gasteiger partial charge in [0.1, 0.15) is 0 Å². The van der Waals surface area contributed by atoms with Gasteiger partial charge in [0, 0.05) is 34.2 Å². The summed E-state index contributed by atoms with van der Waals surface area (Å²) in [6.07, 6.45) is 3.29. The highest BCUT2D eigenvalue weighted by atomic mass is 16.2. The van der Waals surface area contributed by atoms with E-state index in [4.69, 9.17) is 0 Å². The molecule has 3 nitrogen and oxygen atoms in total. The number of rotatable bonds is 2. The molecule has 0 radical (unpaired) electrons. The molecule has 0 aliphatic carbocycles. The number of amides is 1. The lowest BCUT2D eigenvalue weighted by atomic mass is 10.1. The van der Waals surface area contributed by atoms with Crippen LogP contribution in [0.2, 0.25) is 0 Å². The summed E-state index contributed by atoms with van der Waals surface area (Å²) in [5, 5.41) is 1.17. The number of hydrogen-bond acceptors (Lipinski definition) is 1. The highest BCUT2D eigenvalue weighted by Crippen LogP contribution is 2.29. The zero-order valence-electron chi connectivity index (χ0n) is 13.4. The first kappa shape index (κ1) is 14.2. The number of fused-ring (bicyclic) bond motifs is 1. The molecule has 2 unspecified atom stereocenters. The number of aryl methyl sites for hydroxylation is 2. The van der Waals surface area contributed by atoms with E-state index in [1.54, 1.807) is 0 Å². The van der Waals surface area contributed by atoms with Crippen LogP contribution in [0, 0.1) is 13.8 Å². The molecule has 21 heavy (non-hydrogen) atoms. The van der Waals surface area contributed by atoms with Gasteiger partial charge in [-0.25, -0.2) is 0 Å². The summed E-state index contributed by atoms with van der Waals surface area (Å²) < 4.78 is 0. The minimum absolute atomic E-state index is 0.187. The van der Waals surface area contributed by atoms with Crippen molar-refractivity contribution in [1.82, 2.24) is 9.88 Å². The van der Waals surface area contributed by atoms with Crippen molar-refractivity contribution in [2.75, 3.05) is 0 Å². The number of benzene rings is 1. The van der Waals surface area contributed by atoms with Crippen LogP contribution in [0.1, 0.15) is 54.7 Å². The second kappa shape index (κ2) is 5.21. The van der Waals surface area contributed by atoms with Gasteiger partial charge in [0.2, 0.25) is 0 Å². The number of H-pyrrole nitrogens is 1. The van der Waals surface area contributed by atoms with Gasteiger partial charge < -0.3 is 9.88 Å². The maximum Gasteiger partial charge on any atom is 0.254 e.